The molecule has 2 aliphatic rings. The van der Waals surface area contributed by atoms with Crippen LogP contribution in [0.2, 0.25) is 5.02 Å². The smallest absolute Gasteiger partial charge is 0.254 e. The summed E-state index contributed by atoms with van der Waals surface area (Å²) < 4.78 is 10.5. The van der Waals surface area contributed by atoms with Gasteiger partial charge in [0.1, 0.15) is 0 Å². The standard InChI is InChI=1S/C23H25ClN2O4/c1-29-19-8-3-16(15-20(19)30-2)21(27)25-11-13-26(14-12-25)22(28)23(9-10-23)17-4-6-18(24)7-5-17/h3-8,15H,9-14H2,1-2H3. The minimum atomic E-state index is -0.417. The summed E-state index contributed by atoms with van der Waals surface area (Å²) in [6, 6.07) is 12.7. The summed E-state index contributed by atoms with van der Waals surface area (Å²) in [6.07, 6.45) is 1.72. The molecule has 0 unspecified atom stereocenters. The highest BCUT2D eigenvalue weighted by Gasteiger charge is 2.53. The van der Waals surface area contributed by atoms with Crippen LogP contribution in [0.5, 0.6) is 11.5 Å². The van der Waals surface area contributed by atoms with Crippen molar-refractivity contribution in [3.8, 4) is 11.5 Å². The second-order valence-electron chi connectivity index (χ2n) is 7.74. The van der Waals surface area contributed by atoms with E-state index >= 15 is 0 Å². The van der Waals surface area contributed by atoms with E-state index in [1.165, 1.54) is 0 Å². The number of ether oxygens (including phenoxy) is 2. The number of methoxy groups -OCH3 is 2. The highest BCUT2D eigenvalue weighted by Crippen LogP contribution is 2.49. The van der Waals surface area contributed by atoms with E-state index in [-0.39, 0.29) is 11.8 Å². The van der Waals surface area contributed by atoms with Crippen LogP contribution in [0, 0.1) is 0 Å². The van der Waals surface area contributed by atoms with E-state index in [4.69, 9.17) is 21.1 Å². The molecule has 0 atom stereocenters. The molecule has 1 saturated carbocycles. The lowest BCUT2D eigenvalue weighted by atomic mass is 9.94. The van der Waals surface area contributed by atoms with Gasteiger partial charge in [0.15, 0.2) is 11.5 Å². The maximum atomic E-state index is 13.2. The largest absolute Gasteiger partial charge is 0.493 e. The molecule has 2 fully saturated rings. The zero-order chi connectivity index (χ0) is 21.3. The van der Waals surface area contributed by atoms with E-state index in [9.17, 15) is 9.59 Å². The van der Waals surface area contributed by atoms with Crippen molar-refractivity contribution >= 4 is 23.4 Å². The van der Waals surface area contributed by atoms with Gasteiger partial charge in [-0.3, -0.25) is 9.59 Å². The first kappa shape index (κ1) is 20.5. The van der Waals surface area contributed by atoms with Crippen LogP contribution in [0.3, 0.4) is 0 Å². The molecule has 6 nitrogen and oxygen atoms in total. The number of amides is 2. The van der Waals surface area contributed by atoms with Crippen molar-refractivity contribution in [2.24, 2.45) is 0 Å². The van der Waals surface area contributed by atoms with Crippen LogP contribution in [-0.4, -0.2) is 62.0 Å². The van der Waals surface area contributed by atoms with Crippen LogP contribution in [-0.2, 0) is 10.2 Å². The molecule has 4 rings (SSSR count). The highest BCUT2D eigenvalue weighted by molar-refractivity contribution is 6.30. The van der Waals surface area contributed by atoms with Crippen LogP contribution in [0.1, 0.15) is 28.8 Å². The van der Waals surface area contributed by atoms with E-state index in [1.807, 2.05) is 29.2 Å². The number of hydrogen-bond acceptors (Lipinski definition) is 4. The van der Waals surface area contributed by atoms with Crippen LogP contribution < -0.4 is 9.47 Å². The first-order valence-electron chi connectivity index (χ1n) is 10.1. The maximum Gasteiger partial charge on any atom is 0.254 e. The average molecular weight is 429 g/mol. The average Bonchev–Trinajstić information content (AvgIpc) is 3.60. The number of hydrogen-bond donors (Lipinski definition) is 0. The van der Waals surface area contributed by atoms with Gasteiger partial charge in [-0.2, -0.15) is 0 Å². The Balaban J connectivity index is 1.41. The molecule has 0 N–H and O–H groups in total. The van der Waals surface area contributed by atoms with Gasteiger partial charge in [0.25, 0.3) is 5.91 Å². The normalized spacial score (nSPS) is 17.4. The summed E-state index contributed by atoms with van der Waals surface area (Å²) in [6.45, 7) is 2.09. The predicted octanol–water partition coefficient (Wildman–Crippen LogP) is 3.37. The van der Waals surface area contributed by atoms with Crippen molar-refractivity contribution in [3.05, 3.63) is 58.6 Å². The number of nitrogens with zero attached hydrogens (tertiary/aromatic N) is 2. The van der Waals surface area contributed by atoms with E-state index in [2.05, 4.69) is 0 Å². The summed E-state index contributed by atoms with van der Waals surface area (Å²) in [5.74, 6) is 1.20. The van der Waals surface area contributed by atoms with Gasteiger partial charge in [-0.25, -0.2) is 0 Å². The fraction of sp³-hybridized carbons (Fsp3) is 0.391. The SMILES string of the molecule is COc1ccc(C(=O)N2CCN(C(=O)C3(c4ccc(Cl)cc4)CC3)CC2)cc1OC. The number of carbonyl (C=O) groups is 2. The molecule has 30 heavy (non-hydrogen) atoms. The third-order valence-electron chi connectivity index (χ3n) is 6.04. The Bertz CT molecular complexity index is 948. The fourth-order valence-corrected chi connectivity index (χ4v) is 4.21. The predicted molar refractivity (Wildman–Crippen MR) is 114 cm³/mol. The first-order chi connectivity index (χ1) is 14.5. The van der Waals surface area contributed by atoms with Crippen molar-refractivity contribution in [3.63, 3.8) is 0 Å². The maximum absolute atomic E-state index is 13.2. The number of carbonyl (C=O) groups excluding carboxylic acids is 2. The van der Waals surface area contributed by atoms with Crippen LogP contribution >= 0.6 is 11.6 Å². The van der Waals surface area contributed by atoms with Crippen molar-refractivity contribution in [2.75, 3.05) is 40.4 Å². The first-order valence-corrected chi connectivity index (χ1v) is 10.4. The monoisotopic (exact) mass is 428 g/mol. The molecule has 2 amide bonds. The fourth-order valence-electron chi connectivity index (χ4n) is 4.09. The molecular weight excluding hydrogens is 404 g/mol. The molecule has 2 aromatic carbocycles. The molecule has 158 valence electrons. The minimum Gasteiger partial charge on any atom is -0.493 e. The van der Waals surface area contributed by atoms with E-state index in [0.29, 0.717) is 48.3 Å². The van der Waals surface area contributed by atoms with Crippen molar-refractivity contribution in [1.29, 1.82) is 0 Å². The molecule has 0 spiro atoms. The zero-order valence-corrected chi connectivity index (χ0v) is 17.9. The van der Waals surface area contributed by atoms with Crippen LogP contribution in [0.25, 0.3) is 0 Å². The van der Waals surface area contributed by atoms with Crippen molar-refractivity contribution in [1.82, 2.24) is 9.80 Å². The molecule has 0 bridgehead atoms. The Hall–Kier alpha value is -2.73. The number of rotatable bonds is 5. The van der Waals surface area contributed by atoms with Gasteiger partial charge in [0.05, 0.1) is 19.6 Å². The van der Waals surface area contributed by atoms with Gasteiger partial charge in [-0.05, 0) is 48.7 Å². The van der Waals surface area contributed by atoms with Gasteiger partial charge in [0.2, 0.25) is 5.91 Å². The van der Waals surface area contributed by atoms with Gasteiger partial charge >= 0.3 is 0 Å². The quantitative estimate of drug-likeness (QED) is 0.732. The molecular formula is C23H25ClN2O4. The highest BCUT2D eigenvalue weighted by atomic mass is 35.5. The minimum absolute atomic E-state index is 0.0677. The molecule has 1 heterocycles. The van der Waals surface area contributed by atoms with Crippen LogP contribution in [0.15, 0.2) is 42.5 Å². The number of piperazine rings is 1. The molecule has 2 aromatic rings. The third-order valence-corrected chi connectivity index (χ3v) is 6.29. The van der Waals surface area contributed by atoms with Crippen LogP contribution in [0.4, 0.5) is 0 Å². The lowest BCUT2D eigenvalue weighted by Gasteiger charge is -2.36. The number of halogens is 1. The topological polar surface area (TPSA) is 59.1 Å². The Morgan fingerprint density at radius 3 is 2.03 bits per heavy atom. The summed E-state index contributed by atoms with van der Waals surface area (Å²) >= 11 is 5.99. The second-order valence-corrected chi connectivity index (χ2v) is 8.18. The second kappa shape index (κ2) is 8.19. The van der Waals surface area contributed by atoms with Gasteiger partial charge < -0.3 is 19.3 Å². The lowest BCUT2D eigenvalue weighted by molar-refractivity contribution is -0.135. The summed E-state index contributed by atoms with van der Waals surface area (Å²) in [7, 11) is 3.11. The molecule has 0 aromatic heterocycles. The molecule has 1 saturated heterocycles. The summed E-state index contributed by atoms with van der Waals surface area (Å²) in [5.41, 5.74) is 1.16. The summed E-state index contributed by atoms with van der Waals surface area (Å²) in [4.78, 5) is 29.8. The van der Waals surface area contributed by atoms with E-state index < -0.39 is 5.41 Å². The van der Waals surface area contributed by atoms with Gasteiger partial charge in [0, 0.05) is 36.8 Å². The molecule has 0 radical (unpaired) electrons. The Kier molecular flexibility index (Phi) is 5.60. The Labute approximate surface area is 181 Å². The molecule has 1 aliphatic heterocycles. The van der Waals surface area contributed by atoms with Gasteiger partial charge in [-0.1, -0.05) is 23.7 Å². The lowest BCUT2D eigenvalue weighted by Crippen LogP contribution is -2.53. The van der Waals surface area contributed by atoms with Crippen molar-refractivity contribution < 1.29 is 19.1 Å². The Morgan fingerprint density at radius 2 is 1.47 bits per heavy atom. The van der Waals surface area contributed by atoms with E-state index in [1.54, 1.807) is 37.3 Å². The zero-order valence-electron chi connectivity index (χ0n) is 17.2. The summed E-state index contributed by atoms with van der Waals surface area (Å²) in [5, 5.41) is 0.671. The third kappa shape index (κ3) is 3.72. The molecule has 7 heteroatoms. The van der Waals surface area contributed by atoms with Crippen molar-refractivity contribution in [2.45, 2.75) is 18.3 Å². The van der Waals surface area contributed by atoms with Gasteiger partial charge in [-0.15, -0.1) is 0 Å². The molecule has 1 aliphatic carbocycles. The number of benzene rings is 2. The van der Waals surface area contributed by atoms with E-state index in [0.717, 1.165) is 18.4 Å². The Morgan fingerprint density at radius 1 is 0.867 bits per heavy atom.